The number of guanidine groups is 1. The van der Waals surface area contributed by atoms with E-state index in [1.165, 1.54) is 6.08 Å². The van der Waals surface area contributed by atoms with E-state index < -0.39 is 0 Å². The van der Waals surface area contributed by atoms with E-state index in [1.807, 2.05) is 0 Å². The zero-order chi connectivity index (χ0) is 6.97. The first kappa shape index (κ1) is 5.28. The van der Waals surface area contributed by atoms with Crippen LogP contribution in [0.4, 0.5) is 0 Å². The molecule has 2 N–H and O–H groups in total. The maximum atomic E-state index is 10.7. The Kier molecular flexibility index (Phi) is 0.913. The summed E-state index contributed by atoms with van der Waals surface area (Å²) in [6.07, 6.45) is 3.16. The van der Waals surface area contributed by atoms with Crippen molar-refractivity contribution in [2.24, 2.45) is 5.10 Å². The molecule has 10 heavy (non-hydrogen) atoms. The van der Waals surface area contributed by atoms with E-state index >= 15 is 0 Å². The van der Waals surface area contributed by atoms with Crippen LogP contribution in [0.15, 0.2) is 17.4 Å². The Morgan fingerprint density at radius 1 is 1.70 bits per heavy atom. The SMILES string of the molecule is O=C1C=CN2CNN=C2N1. The van der Waals surface area contributed by atoms with Crippen molar-refractivity contribution in [2.45, 2.75) is 0 Å². The molecule has 0 aromatic carbocycles. The fourth-order valence-electron chi connectivity index (χ4n) is 0.858. The molecule has 0 aliphatic carbocycles. The van der Waals surface area contributed by atoms with Gasteiger partial charge in [0, 0.05) is 12.3 Å². The monoisotopic (exact) mass is 138 g/mol. The van der Waals surface area contributed by atoms with Crippen LogP contribution in [0.1, 0.15) is 0 Å². The first-order valence-electron chi connectivity index (χ1n) is 2.92. The van der Waals surface area contributed by atoms with Gasteiger partial charge in [-0.3, -0.25) is 20.4 Å². The first-order chi connectivity index (χ1) is 4.86. The van der Waals surface area contributed by atoms with Gasteiger partial charge in [-0.2, -0.15) is 0 Å². The number of carbonyl (C=O) groups excluding carboxylic acids is 1. The quantitative estimate of drug-likeness (QED) is 0.440. The maximum Gasteiger partial charge on any atom is 0.252 e. The molecular formula is C5H6N4O. The highest BCUT2D eigenvalue weighted by Gasteiger charge is 2.19. The number of carbonyl (C=O) groups is 1. The van der Waals surface area contributed by atoms with Crippen molar-refractivity contribution < 1.29 is 4.79 Å². The Balaban J connectivity index is 2.29. The lowest BCUT2D eigenvalue weighted by molar-refractivity contribution is -0.115. The fraction of sp³-hybridized carbons (Fsp3) is 0.200. The van der Waals surface area contributed by atoms with Crippen molar-refractivity contribution >= 4 is 11.9 Å². The van der Waals surface area contributed by atoms with Gasteiger partial charge in [0.1, 0.15) is 6.67 Å². The van der Waals surface area contributed by atoms with Gasteiger partial charge in [-0.1, -0.05) is 0 Å². The summed E-state index contributed by atoms with van der Waals surface area (Å²) in [5, 5.41) is 6.38. The third-order valence-electron chi connectivity index (χ3n) is 1.34. The second-order valence-corrected chi connectivity index (χ2v) is 2.03. The predicted octanol–water partition coefficient (Wildman–Crippen LogP) is -1.24. The normalized spacial score (nSPS) is 21.4. The minimum atomic E-state index is -0.126. The third kappa shape index (κ3) is 0.637. The molecule has 0 unspecified atom stereocenters. The molecule has 2 rings (SSSR count). The van der Waals surface area contributed by atoms with Gasteiger partial charge in [0.15, 0.2) is 0 Å². The summed E-state index contributed by atoms with van der Waals surface area (Å²) in [6.45, 7) is 0.631. The standard InChI is InChI=1S/C5H6N4O/c10-4-1-2-9-3-6-8-5(9)7-4/h1-2,6H,3H2,(H,7,8,10). The number of hydrogen-bond donors (Lipinski definition) is 2. The van der Waals surface area contributed by atoms with Crippen molar-refractivity contribution in [1.82, 2.24) is 15.6 Å². The third-order valence-corrected chi connectivity index (χ3v) is 1.34. The molecule has 0 radical (unpaired) electrons. The van der Waals surface area contributed by atoms with Gasteiger partial charge < -0.3 is 0 Å². The van der Waals surface area contributed by atoms with E-state index in [0.717, 1.165) is 0 Å². The number of hydrazone groups is 1. The van der Waals surface area contributed by atoms with Crippen LogP contribution in [-0.4, -0.2) is 23.4 Å². The Morgan fingerprint density at radius 3 is 3.50 bits per heavy atom. The summed E-state index contributed by atoms with van der Waals surface area (Å²) in [5.74, 6) is 0.450. The van der Waals surface area contributed by atoms with Crippen molar-refractivity contribution in [3.63, 3.8) is 0 Å². The largest absolute Gasteiger partial charge is 0.298 e. The van der Waals surface area contributed by atoms with Gasteiger partial charge in [-0.15, -0.1) is 5.10 Å². The molecule has 0 atom stereocenters. The summed E-state index contributed by atoms with van der Waals surface area (Å²) < 4.78 is 0. The summed E-state index contributed by atoms with van der Waals surface area (Å²) >= 11 is 0. The van der Waals surface area contributed by atoms with Crippen LogP contribution in [0, 0.1) is 0 Å². The average molecular weight is 138 g/mol. The molecule has 0 aromatic rings. The summed E-state index contributed by atoms with van der Waals surface area (Å²) in [6, 6.07) is 0. The van der Waals surface area contributed by atoms with Crippen molar-refractivity contribution in [2.75, 3.05) is 6.67 Å². The van der Waals surface area contributed by atoms with Crippen LogP contribution in [0.2, 0.25) is 0 Å². The lowest BCUT2D eigenvalue weighted by Gasteiger charge is -2.16. The molecule has 2 aliphatic rings. The van der Waals surface area contributed by atoms with Crippen LogP contribution < -0.4 is 10.7 Å². The molecule has 52 valence electrons. The lowest BCUT2D eigenvalue weighted by atomic mass is 10.5. The summed E-state index contributed by atoms with van der Waals surface area (Å²) in [4.78, 5) is 12.5. The van der Waals surface area contributed by atoms with Crippen LogP contribution in [0.3, 0.4) is 0 Å². The zero-order valence-corrected chi connectivity index (χ0v) is 5.16. The predicted molar refractivity (Wildman–Crippen MR) is 34.6 cm³/mol. The van der Waals surface area contributed by atoms with Crippen molar-refractivity contribution in [3.8, 4) is 0 Å². The summed E-state index contributed by atoms with van der Waals surface area (Å²) in [5.41, 5.74) is 2.73. The number of hydrogen-bond acceptors (Lipinski definition) is 4. The molecule has 2 aliphatic heterocycles. The van der Waals surface area contributed by atoms with Gasteiger partial charge in [0.05, 0.1) is 0 Å². The first-order valence-corrected chi connectivity index (χ1v) is 2.92. The molecule has 1 amide bonds. The minimum Gasteiger partial charge on any atom is -0.298 e. The molecule has 0 aromatic heterocycles. The molecular weight excluding hydrogens is 132 g/mol. The Morgan fingerprint density at radius 2 is 2.60 bits per heavy atom. The molecule has 0 fully saturated rings. The van der Waals surface area contributed by atoms with Gasteiger partial charge in [-0.05, 0) is 0 Å². The highest BCUT2D eigenvalue weighted by molar-refractivity contribution is 6.05. The van der Waals surface area contributed by atoms with E-state index in [-0.39, 0.29) is 5.91 Å². The minimum absolute atomic E-state index is 0.126. The highest BCUT2D eigenvalue weighted by Crippen LogP contribution is 1.99. The van der Waals surface area contributed by atoms with E-state index in [1.54, 1.807) is 11.1 Å². The molecule has 0 bridgehead atoms. The zero-order valence-electron chi connectivity index (χ0n) is 5.16. The molecule has 5 nitrogen and oxygen atoms in total. The fourth-order valence-corrected chi connectivity index (χ4v) is 0.858. The number of nitrogens with one attached hydrogen (secondary N) is 2. The van der Waals surface area contributed by atoms with Crippen molar-refractivity contribution in [3.05, 3.63) is 12.3 Å². The number of fused-ring (bicyclic) bond motifs is 1. The van der Waals surface area contributed by atoms with Gasteiger partial charge in [-0.25, -0.2) is 0 Å². The van der Waals surface area contributed by atoms with Gasteiger partial charge in [0.25, 0.3) is 5.91 Å². The topological polar surface area (TPSA) is 56.7 Å². The highest BCUT2D eigenvalue weighted by atomic mass is 16.1. The van der Waals surface area contributed by atoms with Crippen molar-refractivity contribution in [1.29, 1.82) is 0 Å². The van der Waals surface area contributed by atoms with Gasteiger partial charge in [0.2, 0.25) is 5.96 Å². The molecule has 0 saturated heterocycles. The molecule has 0 saturated carbocycles. The number of nitrogens with zero attached hydrogens (tertiary/aromatic N) is 2. The molecule has 2 heterocycles. The smallest absolute Gasteiger partial charge is 0.252 e. The second kappa shape index (κ2) is 1.73. The Hall–Kier alpha value is -1.52. The van der Waals surface area contributed by atoms with E-state index in [9.17, 15) is 4.79 Å². The van der Waals surface area contributed by atoms with E-state index in [4.69, 9.17) is 0 Å². The van der Waals surface area contributed by atoms with Crippen LogP contribution >= 0.6 is 0 Å². The number of amides is 1. The lowest BCUT2D eigenvalue weighted by Crippen LogP contribution is -2.41. The van der Waals surface area contributed by atoms with Crippen LogP contribution in [0.25, 0.3) is 0 Å². The van der Waals surface area contributed by atoms with Crippen LogP contribution in [0.5, 0.6) is 0 Å². The number of rotatable bonds is 0. The van der Waals surface area contributed by atoms with E-state index in [2.05, 4.69) is 15.8 Å². The van der Waals surface area contributed by atoms with Crippen LogP contribution in [-0.2, 0) is 4.79 Å². The average Bonchev–Trinajstić information content (AvgIpc) is 2.33. The maximum absolute atomic E-state index is 10.7. The summed E-state index contributed by atoms with van der Waals surface area (Å²) in [7, 11) is 0. The van der Waals surface area contributed by atoms with Gasteiger partial charge >= 0.3 is 0 Å². The Labute approximate surface area is 57.4 Å². The Bertz CT molecular complexity index is 232. The molecule has 0 spiro atoms. The van der Waals surface area contributed by atoms with E-state index in [0.29, 0.717) is 12.6 Å². The molecule has 5 heteroatoms. The second-order valence-electron chi connectivity index (χ2n) is 2.03.